The van der Waals surface area contributed by atoms with Gasteiger partial charge in [0, 0.05) is 37.7 Å². The van der Waals surface area contributed by atoms with E-state index in [1.165, 1.54) is 12.1 Å². The fraction of sp³-hybridized carbons (Fsp3) is 0.381. The second kappa shape index (κ2) is 7.56. The Morgan fingerprint density at radius 1 is 1.00 bits per heavy atom. The van der Waals surface area contributed by atoms with E-state index < -0.39 is 0 Å². The number of fused-ring (bicyclic) bond motifs is 2. The molecule has 2 aliphatic rings. The molecule has 3 atom stereocenters. The van der Waals surface area contributed by atoms with E-state index in [0.717, 1.165) is 25.9 Å². The number of carbonyl (C=O) groups excluding carboxylic acids is 1. The second-order valence-corrected chi connectivity index (χ2v) is 7.21. The van der Waals surface area contributed by atoms with Gasteiger partial charge >= 0.3 is 6.03 Å². The van der Waals surface area contributed by atoms with Crippen LogP contribution in [0.3, 0.4) is 0 Å². The summed E-state index contributed by atoms with van der Waals surface area (Å²) in [7, 11) is 1.77. The Morgan fingerprint density at radius 3 is 2.11 bits per heavy atom. The highest BCUT2D eigenvalue weighted by molar-refractivity contribution is 5.89. The minimum Gasteiger partial charge on any atom is -0.457 e. The van der Waals surface area contributed by atoms with E-state index in [1.54, 1.807) is 43.5 Å². The van der Waals surface area contributed by atoms with Crippen LogP contribution in [0.15, 0.2) is 48.5 Å². The van der Waals surface area contributed by atoms with Gasteiger partial charge in [-0.15, -0.1) is 0 Å². The number of piperidine rings is 1. The zero-order chi connectivity index (χ0) is 18.8. The number of nitrogens with one attached hydrogen (secondary N) is 1. The van der Waals surface area contributed by atoms with Crippen LogP contribution in [0, 0.1) is 17.7 Å². The lowest BCUT2D eigenvalue weighted by Crippen LogP contribution is -2.49. The molecule has 0 aromatic heterocycles. The maximum atomic E-state index is 12.9. The number of halogens is 1. The molecule has 2 fully saturated rings. The summed E-state index contributed by atoms with van der Waals surface area (Å²) in [4.78, 5) is 14.5. The maximum Gasteiger partial charge on any atom is 0.321 e. The molecular weight excluding hydrogens is 347 g/mol. The van der Waals surface area contributed by atoms with Gasteiger partial charge in [-0.3, -0.25) is 0 Å². The van der Waals surface area contributed by atoms with Crippen LogP contribution in [0.2, 0.25) is 0 Å². The molecular formula is C21H23FN2O3. The number of hydrogen-bond donors (Lipinski definition) is 1. The van der Waals surface area contributed by atoms with Crippen molar-refractivity contribution in [3.63, 3.8) is 0 Å². The first-order valence-corrected chi connectivity index (χ1v) is 9.24. The molecule has 1 aliphatic carbocycles. The SMILES string of the molecule is COC1[C@@H]2CC[C@H]1CN(C(=O)Nc1ccc(Oc3ccc(F)cc3)cc1)C2. The maximum absolute atomic E-state index is 12.9. The van der Waals surface area contributed by atoms with Gasteiger partial charge in [-0.25, -0.2) is 9.18 Å². The Hall–Kier alpha value is -2.60. The molecule has 0 radical (unpaired) electrons. The lowest BCUT2D eigenvalue weighted by Gasteiger charge is -2.37. The number of likely N-dealkylation sites (tertiary alicyclic amines) is 1. The summed E-state index contributed by atoms with van der Waals surface area (Å²) in [5.74, 6) is 1.75. The number of amides is 2. The predicted octanol–water partition coefficient (Wildman–Crippen LogP) is 4.51. The quantitative estimate of drug-likeness (QED) is 0.862. The standard InChI is InChI=1S/C21H23FN2O3/c1-26-20-14-2-3-15(20)13-24(12-14)21(25)23-17-6-10-19(11-7-17)27-18-8-4-16(22)5-9-18/h4-11,14-15,20H,2-3,12-13H2,1H3,(H,23,25)/t14-,15+,20?. The number of rotatable bonds is 4. The van der Waals surface area contributed by atoms with Crippen molar-refractivity contribution < 1.29 is 18.7 Å². The summed E-state index contributed by atoms with van der Waals surface area (Å²) in [6.45, 7) is 1.49. The van der Waals surface area contributed by atoms with E-state index in [0.29, 0.717) is 29.0 Å². The van der Waals surface area contributed by atoms with E-state index in [9.17, 15) is 9.18 Å². The van der Waals surface area contributed by atoms with Gasteiger partial charge in [0.2, 0.25) is 0 Å². The molecule has 6 heteroatoms. The highest BCUT2D eigenvalue weighted by Crippen LogP contribution is 2.38. The molecule has 5 nitrogen and oxygen atoms in total. The van der Waals surface area contributed by atoms with Crippen molar-refractivity contribution in [1.82, 2.24) is 4.90 Å². The molecule has 2 bridgehead atoms. The topological polar surface area (TPSA) is 50.8 Å². The fourth-order valence-electron chi connectivity index (χ4n) is 4.17. The smallest absolute Gasteiger partial charge is 0.321 e. The lowest BCUT2D eigenvalue weighted by atomic mass is 9.95. The first-order chi connectivity index (χ1) is 13.1. The lowest BCUT2D eigenvalue weighted by molar-refractivity contribution is -0.00364. The Morgan fingerprint density at radius 2 is 1.56 bits per heavy atom. The molecule has 27 heavy (non-hydrogen) atoms. The molecule has 1 aliphatic heterocycles. The first kappa shape index (κ1) is 17.8. The molecule has 0 spiro atoms. The Labute approximate surface area is 158 Å². The van der Waals surface area contributed by atoms with Crippen molar-refractivity contribution in [3.05, 3.63) is 54.3 Å². The van der Waals surface area contributed by atoms with Gasteiger partial charge in [0.15, 0.2) is 0 Å². The summed E-state index contributed by atoms with van der Waals surface area (Å²) >= 11 is 0. The number of nitrogens with zero attached hydrogens (tertiary/aromatic N) is 1. The van der Waals surface area contributed by atoms with Crippen LogP contribution in [0.5, 0.6) is 11.5 Å². The third kappa shape index (κ3) is 3.90. The van der Waals surface area contributed by atoms with Gasteiger partial charge in [-0.2, -0.15) is 0 Å². The van der Waals surface area contributed by atoms with Crippen molar-refractivity contribution in [1.29, 1.82) is 0 Å². The molecule has 1 saturated carbocycles. The zero-order valence-corrected chi connectivity index (χ0v) is 15.2. The minimum atomic E-state index is -0.302. The Balaban J connectivity index is 1.34. The van der Waals surface area contributed by atoms with Gasteiger partial charge in [0.1, 0.15) is 17.3 Å². The molecule has 1 unspecified atom stereocenters. The summed E-state index contributed by atoms with van der Waals surface area (Å²) in [6, 6.07) is 12.9. The number of hydrogen-bond acceptors (Lipinski definition) is 3. The predicted molar refractivity (Wildman–Crippen MR) is 101 cm³/mol. The summed E-state index contributed by atoms with van der Waals surface area (Å²) in [6.07, 6.45) is 2.54. The molecule has 2 aromatic carbocycles. The number of ether oxygens (including phenoxy) is 2. The van der Waals surface area contributed by atoms with Crippen LogP contribution >= 0.6 is 0 Å². The molecule has 2 aromatic rings. The van der Waals surface area contributed by atoms with Crippen LogP contribution in [0.1, 0.15) is 12.8 Å². The van der Waals surface area contributed by atoms with Crippen LogP contribution in [0.25, 0.3) is 0 Å². The number of carbonyl (C=O) groups is 1. The van der Waals surface area contributed by atoms with Gasteiger partial charge in [-0.1, -0.05) is 0 Å². The highest BCUT2D eigenvalue weighted by atomic mass is 19.1. The average Bonchev–Trinajstić information content (AvgIpc) is 2.92. The fourth-order valence-corrected chi connectivity index (χ4v) is 4.17. The second-order valence-electron chi connectivity index (χ2n) is 7.21. The van der Waals surface area contributed by atoms with Gasteiger partial charge in [0.05, 0.1) is 6.10 Å². The first-order valence-electron chi connectivity index (χ1n) is 9.24. The number of benzene rings is 2. The van der Waals surface area contributed by atoms with Crippen LogP contribution < -0.4 is 10.1 Å². The summed E-state index contributed by atoms with van der Waals surface area (Å²) in [5.41, 5.74) is 0.715. The molecule has 2 amide bonds. The molecule has 1 N–H and O–H groups in total. The minimum absolute atomic E-state index is 0.0753. The van der Waals surface area contributed by atoms with E-state index >= 15 is 0 Å². The van der Waals surface area contributed by atoms with E-state index in [-0.39, 0.29) is 18.0 Å². The molecule has 4 rings (SSSR count). The van der Waals surface area contributed by atoms with Crippen molar-refractivity contribution >= 4 is 11.7 Å². The van der Waals surface area contributed by atoms with E-state index in [1.807, 2.05) is 4.90 Å². The Bertz CT molecular complexity index is 780. The number of urea groups is 1. The van der Waals surface area contributed by atoms with Gasteiger partial charge in [0.25, 0.3) is 0 Å². The number of anilines is 1. The van der Waals surface area contributed by atoms with Crippen molar-refractivity contribution in [3.8, 4) is 11.5 Å². The number of methoxy groups -OCH3 is 1. The average molecular weight is 370 g/mol. The summed E-state index contributed by atoms with van der Waals surface area (Å²) < 4.78 is 24.2. The monoisotopic (exact) mass is 370 g/mol. The third-order valence-corrected chi connectivity index (χ3v) is 5.46. The summed E-state index contributed by atoms with van der Waals surface area (Å²) in [5, 5.41) is 2.95. The van der Waals surface area contributed by atoms with Crippen LogP contribution in [-0.2, 0) is 4.74 Å². The largest absolute Gasteiger partial charge is 0.457 e. The van der Waals surface area contributed by atoms with E-state index in [4.69, 9.17) is 9.47 Å². The van der Waals surface area contributed by atoms with Crippen LogP contribution in [0.4, 0.5) is 14.9 Å². The van der Waals surface area contributed by atoms with Crippen LogP contribution in [-0.4, -0.2) is 37.2 Å². The van der Waals surface area contributed by atoms with Crippen molar-refractivity contribution in [2.45, 2.75) is 18.9 Å². The Kier molecular flexibility index (Phi) is 4.99. The third-order valence-electron chi connectivity index (χ3n) is 5.46. The van der Waals surface area contributed by atoms with Gasteiger partial charge in [-0.05, 0) is 61.4 Å². The highest BCUT2D eigenvalue weighted by Gasteiger charge is 2.43. The molecule has 142 valence electrons. The zero-order valence-electron chi connectivity index (χ0n) is 15.2. The van der Waals surface area contributed by atoms with Crippen molar-refractivity contribution in [2.24, 2.45) is 11.8 Å². The van der Waals surface area contributed by atoms with E-state index in [2.05, 4.69) is 5.32 Å². The molecule has 1 saturated heterocycles. The van der Waals surface area contributed by atoms with Crippen molar-refractivity contribution in [2.75, 3.05) is 25.5 Å². The normalized spacial score (nSPS) is 23.9. The molecule has 1 heterocycles. The van der Waals surface area contributed by atoms with Gasteiger partial charge < -0.3 is 19.7 Å².